The molecule has 0 unspecified atom stereocenters. The highest BCUT2D eigenvalue weighted by Gasteiger charge is 2.12. The monoisotopic (exact) mass is 420 g/mol. The normalized spacial score (nSPS) is 12.1. The van der Waals surface area contributed by atoms with Crippen molar-refractivity contribution in [2.75, 3.05) is 6.54 Å². The van der Waals surface area contributed by atoms with Crippen LogP contribution in [0.4, 0.5) is 0 Å². The summed E-state index contributed by atoms with van der Waals surface area (Å²) in [5, 5.41) is 3.46. The number of rotatable bonds is 5. The molecule has 0 aliphatic rings. The first-order chi connectivity index (χ1) is 9.35. The van der Waals surface area contributed by atoms with Crippen LogP contribution in [-0.2, 0) is 6.42 Å². The van der Waals surface area contributed by atoms with Gasteiger partial charge in [-0.1, -0.05) is 0 Å². The van der Waals surface area contributed by atoms with Crippen LogP contribution in [0.5, 0.6) is 0 Å². The topological polar surface area (TPSA) is 38.1 Å². The van der Waals surface area contributed by atoms with E-state index in [1.807, 2.05) is 6.07 Å². The van der Waals surface area contributed by atoms with E-state index >= 15 is 0 Å². The number of hydrogen-bond acceptors (Lipinski definition) is 4. The molecule has 6 heteroatoms. The fourth-order valence-electron chi connectivity index (χ4n) is 1.71. The fraction of sp³-hybridized carbons (Fsp3) is 0.500. The van der Waals surface area contributed by atoms with E-state index in [-0.39, 0.29) is 5.54 Å². The van der Waals surface area contributed by atoms with Crippen LogP contribution in [0.2, 0.25) is 0 Å². The number of halogens is 2. The van der Waals surface area contributed by atoms with Crippen LogP contribution in [0.25, 0.3) is 10.6 Å². The Labute approximate surface area is 140 Å². The van der Waals surface area contributed by atoms with Crippen LogP contribution in [0.1, 0.15) is 33.1 Å². The fourth-order valence-corrected chi connectivity index (χ4v) is 3.69. The molecule has 0 atom stereocenters. The first kappa shape index (κ1) is 16.2. The van der Waals surface area contributed by atoms with Crippen LogP contribution in [0.15, 0.2) is 24.9 Å². The maximum absolute atomic E-state index is 5.80. The van der Waals surface area contributed by atoms with Gasteiger partial charge in [0.05, 0.1) is 14.9 Å². The number of nitrogens with zero attached hydrogens (tertiary/aromatic N) is 1. The molecular weight excluding hydrogens is 404 g/mol. The predicted molar refractivity (Wildman–Crippen MR) is 91.3 cm³/mol. The molecule has 2 aromatic heterocycles. The molecule has 110 valence electrons. The zero-order chi connectivity index (χ0) is 14.8. The maximum atomic E-state index is 5.80. The van der Waals surface area contributed by atoms with Gasteiger partial charge in [-0.2, -0.15) is 0 Å². The number of nitrogens with one attached hydrogen (secondary N) is 1. The average Bonchev–Trinajstić information content (AvgIpc) is 2.92. The molecule has 0 aliphatic carbocycles. The number of thiophene rings is 1. The molecule has 0 aliphatic heterocycles. The van der Waals surface area contributed by atoms with Crippen molar-refractivity contribution < 1.29 is 4.42 Å². The van der Waals surface area contributed by atoms with Gasteiger partial charge in [-0.05, 0) is 71.7 Å². The minimum Gasteiger partial charge on any atom is -0.440 e. The van der Waals surface area contributed by atoms with Crippen LogP contribution < -0.4 is 5.32 Å². The summed E-state index contributed by atoms with van der Waals surface area (Å²) >= 11 is 8.61. The second kappa shape index (κ2) is 6.73. The molecule has 1 N–H and O–H groups in total. The zero-order valence-electron chi connectivity index (χ0n) is 11.8. The van der Waals surface area contributed by atoms with E-state index in [0.717, 1.165) is 44.2 Å². The third-order valence-electron chi connectivity index (χ3n) is 2.66. The summed E-state index contributed by atoms with van der Waals surface area (Å²) in [5.74, 6) is 1.64. The second-order valence-corrected chi connectivity index (χ2v) is 8.86. The molecule has 2 rings (SSSR count). The second-order valence-electron chi connectivity index (χ2n) is 5.63. The van der Waals surface area contributed by atoms with Crippen molar-refractivity contribution in [2.45, 2.75) is 39.2 Å². The highest BCUT2D eigenvalue weighted by atomic mass is 79.9. The lowest BCUT2D eigenvalue weighted by atomic mass is 10.1. The van der Waals surface area contributed by atoms with E-state index in [4.69, 9.17) is 4.42 Å². The minimum atomic E-state index is 0.164. The van der Waals surface area contributed by atoms with Crippen molar-refractivity contribution in [1.82, 2.24) is 10.3 Å². The molecule has 0 fully saturated rings. The van der Waals surface area contributed by atoms with Crippen LogP contribution in [-0.4, -0.2) is 17.1 Å². The lowest BCUT2D eigenvalue weighted by Crippen LogP contribution is -2.36. The van der Waals surface area contributed by atoms with E-state index in [1.54, 1.807) is 17.5 Å². The molecule has 0 amide bonds. The molecule has 0 spiro atoms. The molecule has 2 heterocycles. The van der Waals surface area contributed by atoms with Crippen molar-refractivity contribution in [3.63, 3.8) is 0 Å². The van der Waals surface area contributed by atoms with Crippen molar-refractivity contribution in [3.05, 3.63) is 26.4 Å². The number of aryl methyl sites for hydroxylation is 1. The van der Waals surface area contributed by atoms with Crippen molar-refractivity contribution >= 4 is 43.2 Å². The van der Waals surface area contributed by atoms with Gasteiger partial charge in [0.15, 0.2) is 11.7 Å². The SMILES string of the molecule is CC(C)(C)NCCCc1ncc(-c2cc(Br)c(Br)s2)o1. The van der Waals surface area contributed by atoms with E-state index in [2.05, 4.69) is 62.9 Å². The third kappa shape index (κ3) is 4.69. The molecule has 0 radical (unpaired) electrons. The largest absolute Gasteiger partial charge is 0.440 e. The third-order valence-corrected chi connectivity index (χ3v) is 5.94. The summed E-state index contributed by atoms with van der Waals surface area (Å²) in [4.78, 5) is 5.43. The summed E-state index contributed by atoms with van der Waals surface area (Å²) in [6.45, 7) is 7.48. The lowest BCUT2D eigenvalue weighted by Gasteiger charge is -2.19. The van der Waals surface area contributed by atoms with Crippen molar-refractivity contribution in [3.8, 4) is 10.6 Å². The molecule has 0 saturated carbocycles. The van der Waals surface area contributed by atoms with Gasteiger partial charge in [0.25, 0.3) is 0 Å². The smallest absolute Gasteiger partial charge is 0.194 e. The van der Waals surface area contributed by atoms with Gasteiger partial charge in [0.1, 0.15) is 0 Å². The highest BCUT2D eigenvalue weighted by molar-refractivity contribution is 9.13. The Kier molecular flexibility index (Phi) is 5.45. The van der Waals surface area contributed by atoms with Gasteiger partial charge in [-0.3, -0.25) is 0 Å². The van der Waals surface area contributed by atoms with E-state index in [9.17, 15) is 0 Å². The minimum absolute atomic E-state index is 0.164. The Morgan fingerprint density at radius 2 is 2.10 bits per heavy atom. The first-order valence-electron chi connectivity index (χ1n) is 6.50. The van der Waals surface area contributed by atoms with Gasteiger partial charge in [0.2, 0.25) is 0 Å². The average molecular weight is 422 g/mol. The lowest BCUT2D eigenvalue weighted by molar-refractivity contribution is 0.413. The van der Waals surface area contributed by atoms with Crippen molar-refractivity contribution in [2.24, 2.45) is 0 Å². The summed E-state index contributed by atoms with van der Waals surface area (Å²) in [6, 6.07) is 2.04. The molecule has 2 aromatic rings. The van der Waals surface area contributed by atoms with E-state index in [1.165, 1.54) is 0 Å². The van der Waals surface area contributed by atoms with Crippen molar-refractivity contribution in [1.29, 1.82) is 0 Å². The standard InChI is InChI=1S/C14H18Br2N2OS/c1-14(2,3)18-6-4-5-12-17-8-10(19-12)11-7-9(15)13(16)20-11/h7-8,18H,4-6H2,1-3H3. The summed E-state index contributed by atoms with van der Waals surface area (Å²) in [5.41, 5.74) is 0.164. The van der Waals surface area contributed by atoms with Crippen LogP contribution in [0, 0.1) is 0 Å². The first-order valence-corrected chi connectivity index (χ1v) is 8.90. The Morgan fingerprint density at radius 3 is 2.70 bits per heavy atom. The van der Waals surface area contributed by atoms with Crippen LogP contribution in [0.3, 0.4) is 0 Å². The molecule has 3 nitrogen and oxygen atoms in total. The Bertz CT molecular complexity index is 552. The van der Waals surface area contributed by atoms with E-state index in [0.29, 0.717) is 0 Å². The summed E-state index contributed by atoms with van der Waals surface area (Å²) in [6.07, 6.45) is 3.68. The maximum Gasteiger partial charge on any atom is 0.194 e. The van der Waals surface area contributed by atoms with Gasteiger partial charge < -0.3 is 9.73 Å². The summed E-state index contributed by atoms with van der Waals surface area (Å²) < 4.78 is 7.92. The van der Waals surface area contributed by atoms with Crippen LogP contribution >= 0.6 is 43.2 Å². The quantitative estimate of drug-likeness (QED) is 0.670. The summed E-state index contributed by atoms with van der Waals surface area (Å²) in [7, 11) is 0. The Morgan fingerprint density at radius 1 is 1.35 bits per heavy atom. The molecule has 0 aromatic carbocycles. The number of aromatic nitrogens is 1. The van der Waals surface area contributed by atoms with E-state index < -0.39 is 0 Å². The Balaban J connectivity index is 1.89. The van der Waals surface area contributed by atoms with Gasteiger partial charge >= 0.3 is 0 Å². The van der Waals surface area contributed by atoms with Gasteiger partial charge in [0, 0.05) is 16.4 Å². The Hall–Kier alpha value is -0.170. The molecular formula is C14H18Br2N2OS. The van der Waals surface area contributed by atoms with Gasteiger partial charge in [-0.15, -0.1) is 11.3 Å². The molecule has 20 heavy (non-hydrogen) atoms. The zero-order valence-corrected chi connectivity index (χ0v) is 15.8. The number of oxazole rings is 1. The highest BCUT2D eigenvalue weighted by Crippen LogP contribution is 2.38. The molecule has 0 saturated heterocycles. The number of hydrogen-bond donors (Lipinski definition) is 1. The molecule has 0 bridgehead atoms. The van der Waals surface area contributed by atoms with Gasteiger partial charge in [-0.25, -0.2) is 4.98 Å². The predicted octanol–water partition coefficient (Wildman–Crippen LogP) is 5.25.